The van der Waals surface area contributed by atoms with E-state index in [1.54, 1.807) is 12.4 Å². The van der Waals surface area contributed by atoms with Gasteiger partial charge in [0.1, 0.15) is 0 Å². The fraction of sp³-hybridized carbons (Fsp3) is 0.500. The Balaban J connectivity index is 3.02. The SMILES string of the molecule is COC(=O)CC(C)(c1cccnc1)C(C)N. The van der Waals surface area contributed by atoms with Crippen molar-refractivity contribution in [3.8, 4) is 0 Å². The van der Waals surface area contributed by atoms with Gasteiger partial charge in [0, 0.05) is 23.9 Å². The van der Waals surface area contributed by atoms with Crippen LogP contribution in [0, 0.1) is 0 Å². The number of pyridine rings is 1. The molecule has 0 bridgehead atoms. The van der Waals surface area contributed by atoms with Gasteiger partial charge in [0.05, 0.1) is 13.5 Å². The molecule has 0 amide bonds. The summed E-state index contributed by atoms with van der Waals surface area (Å²) in [5.74, 6) is -0.261. The zero-order chi connectivity index (χ0) is 12.2. The van der Waals surface area contributed by atoms with E-state index in [1.165, 1.54) is 7.11 Å². The second-order valence-electron chi connectivity index (χ2n) is 4.20. The normalized spacial score (nSPS) is 16.2. The van der Waals surface area contributed by atoms with E-state index in [2.05, 4.69) is 4.98 Å². The van der Waals surface area contributed by atoms with Crippen molar-refractivity contribution in [3.05, 3.63) is 30.1 Å². The molecule has 0 aliphatic heterocycles. The lowest BCUT2D eigenvalue weighted by atomic mass is 9.75. The van der Waals surface area contributed by atoms with E-state index in [0.29, 0.717) is 0 Å². The van der Waals surface area contributed by atoms with Crippen LogP contribution in [0.15, 0.2) is 24.5 Å². The first-order valence-corrected chi connectivity index (χ1v) is 5.23. The molecule has 0 aromatic carbocycles. The zero-order valence-electron chi connectivity index (χ0n) is 9.93. The molecule has 88 valence electrons. The second kappa shape index (κ2) is 5.07. The summed E-state index contributed by atoms with van der Waals surface area (Å²) >= 11 is 0. The van der Waals surface area contributed by atoms with Crippen molar-refractivity contribution in [3.63, 3.8) is 0 Å². The third kappa shape index (κ3) is 2.58. The minimum absolute atomic E-state index is 0.157. The van der Waals surface area contributed by atoms with Crippen molar-refractivity contribution in [2.24, 2.45) is 5.73 Å². The quantitative estimate of drug-likeness (QED) is 0.779. The summed E-state index contributed by atoms with van der Waals surface area (Å²) in [7, 11) is 1.38. The Labute approximate surface area is 95.8 Å². The average Bonchev–Trinajstić information content (AvgIpc) is 2.29. The first-order valence-electron chi connectivity index (χ1n) is 5.23. The van der Waals surface area contributed by atoms with Crippen molar-refractivity contribution in [2.75, 3.05) is 7.11 Å². The molecule has 0 spiro atoms. The Bertz CT molecular complexity index is 351. The van der Waals surface area contributed by atoms with Gasteiger partial charge in [-0.3, -0.25) is 9.78 Å². The summed E-state index contributed by atoms with van der Waals surface area (Å²) in [6.07, 6.45) is 3.70. The molecule has 2 N–H and O–H groups in total. The topological polar surface area (TPSA) is 65.2 Å². The van der Waals surface area contributed by atoms with Gasteiger partial charge in [-0.2, -0.15) is 0 Å². The number of nitrogens with zero attached hydrogens (tertiary/aromatic N) is 1. The maximum absolute atomic E-state index is 11.4. The van der Waals surface area contributed by atoms with Crippen LogP contribution in [0.1, 0.15) is 25.8 Å². The monoisotopic (exact) mass is 222 g/mol. The number of carbonyl (C=O) groups is 1. The first kappa shape index (κ1) is 12.6. The van der Waals surface area contributed by atoms with Crippen LogP contribution >= 0.6 is 0 Å². The van der Waals surface area contributed by atoms with E-state index in [1.807, 2.05) is 26.0 Å². The van der Waals surface area contributed by atoms with Crippen molar-refractivity contribution in [2.45, 2.75) is 31.7 Å². The lowest BCUT2D eigenvalue weighted by Crippen LogP contribution is -2.42. The molecule has 1 heterocycles. The number of ether oxygens (including phenoxy) is 1. The summed E-state index contributed by atoms with van der Waals surface area (Å²) < 4.78 is 4.70. The smallest absolute Gasteiger partial charge is 0.306 e. The van der Waals surface area contributed by atoms with Crippen molar-refractivity contribution in [1.82, 2.24) is 4.98 Å². The lowest BCUT2D eigenvalue weighted by molar-refractivity contribution is -0.142. The molecule has 4 heteroatoms. The Morgan fingerprint density at radius 2 is 2.38 bits per heavy atom. The highest BCUT2D eigenvalue weighted by Gasteiger charge is 2.34. The van der Waals surface area contributed by atoms with Gasteiger partial charge in [0.2, 0.25) is 0 Å². The van der Waals surface area contributed by atoms with Gasteiger partial charge in [0.25, 0.3) is 0 Å². The van der Waals surface area contributed by atoms with Crippen molar-refractivity contribution < 1.29 is 9.53 Å². The summed E-state index contributed by atoms with van der Waals surface area (Å²) in [6, 6.07) is 3.61. The van der Waals surface area contributed by atoms with Crippen LogP contribution in [0.5, 0.6) is 0 Å². The van der Waals surface area contributed by atoms with Gasteiger partial charge in [-0.15, -0.1) is 0 Å². The fourth-order valence-corrected chi connectivity index (χ4v) is 1.60. The number of methoxy groups -OCH3 is 1. The third-order valence-electron chi connectivity index (χ3n) is 3.07. The van der Waals surface area contributed by atoms with Crippen LogP contribution < -0.4 is 5.73 Å². The number of carbonyl (C=O) groups excluding carboxylic acids is 1. The standard InChI is InChI=1S/C12H18N2O2/c1-9(13)12(2,7-11(15)16-3)10-5-4-6-14-8-10/h4-6,8-9H,7,13H2,1-3H3. The van der Waals surface area contributed by atoms with Crippen LogP contribution in [0.4, 0.5) is 0 Å². The van der Waals surface area contributed by atoms with Gasteiger partial charge in [-0.25, -0.2) is 0 Å². The van der Waals surface area contributed by atoms with Crippen LogP contribution in [0.3, 0.4) is 0 Å². The average molecular weight is 222 g/mol. The maximum atomic E-state index is 11.4. The largest absolute Gasteiger partial charge is 0.469 e. The minimum Gasteiger partial charge on any atom is -0.469 e. The van der Waals surface area contributed by atoms with E-state index in [-0.39, 0.29) is 18.4 Å². The van der Waals surface area contributed by atoms with Crippen molar-refractivity contribution in [1.29, 1.82) is 0 Å². The molecule has 2 atom stereocenters. The predicted molar refractivity (Wildman–Crippen MR) is 61.9 cm³/mol. The van der Waals surface area contributed by atoms with Gasteiger partial charge >= 0.3 is 5.97 Å². The van der Waals surface area contributed by atoms with Gasteiger partial charge in [0.15, 0.2) is 0 Å². The first-order chi connectivity index (χ1) is 7.50. The van der Waals surface area contributed by atoms with Gasteiger partial charge in [-0.1, -0.05) is 13.0 Å². The number of rotatable bonds is 4. The zero-order valence-corrected chi connectivity index (χ0v) is 9.93. The van der Waals surface area contributed by atoms with Crippen LogP contribution in [-0.2, 0) is 14.9 Å². The van der Waals surface area contributed by atoms with Gasteiger partial charge < -0.3 is 10.5 Å². The van der Waals surface area contributed by atoms with Crippen LogP contribution in [-0.4, -0.2) is 24.1 Å². The van der Waals surface area contributed by atoms with Gasteiger partial charge in [-0.05, 0) is 18.6 Å². The molecule has 0 aliphatic carbocycles. The molecule has 1 rings (SSSR count). The molecule has 16 heavy (non-hydrogen) atoms. The van der Waals surface area contributed by atoms with E-state index in [4.69, 9.17) is 10.5 Å². The number of hydrogen-bond donors (Lipinski definition) is 1. The second-order valence-corrected chi connectivity index (χ2v) is 4.20. The minimum atomic E-state index is -0.443. The number of nitrogens with two attached hydrogens (primary N) is 1. The molecular weight excluding hydrogens is 204 g/mol. The number of esters is 1. The van der Waals surface area contributed by atoms with E-state index >= 15 is 0 Å². The Kier molecular flexibility index (Phi) is 4.01. The van der Waals surface area contributed by atoms with E-state index < -0.39 is 5.41 Å². The Morgan fingerprint density at radius 3 is 2.81 bits per heavy atom. The highest BCUT2D eigenvalue weighted by atomic mass is 16.5. The van der Waals surface area contributed by atoms with Crippen LogP contribution in [0.2, 0.25) is 0 Å². The fourth-order valence-electron chi connectivity index (χ4n) is 1.60. The molecule has 4 nitrogen and oxygen atoms in total. The third-order valence-corrected chi connectivity index (χ3v) is 3.07. The van der Waals surface area contributed by atoms with E-state index in [9.17, 15) is 4.79 Å². The summed E-state index contributed by atoms with van der Waals surface area (Å²) in [5, 5.41) is 0. The highest BCUT2D eigenvalue weighted by molar-refractivity contribution is 5.71. The Morgan fingerprint density at radius 1 is 1.69 bits per heavy atom. The number of aromatic nitrogens is 1. The van der Waals surface area contributed by atoms with Crippen molar-refractivity contribution >= 4 is 5.97 Å². The Hall–Kier alpha value is -1.42. The van der Waals surface area contributed by atoms with E-state index in [0.717, 1.165) is 5.56 Å². The highest BCUT2D eigenvalue weighted by Crippen LogP contribution is 2.30. The summed E-state index contributed by atoms with van der Waals surface area (Å²) in [4.78, 5) is 15.5. The molecule has 2 unspecified atom stereocenters. The molecule has 0 saturated carbocycles. The summed E-state index contributed by atoms with van der Waals surface area (Å²) in [6.45, 7) is 3.83. The lowest BCUT2D eigenvalue weighted by Gasteiger charge is -2.32. The number of hydrogen-bond acceptors (Lipinski definition) is 4. The molecule has 0 radical (unpaired) electrons. The predicted octanol–water partition coefficient (Wildman–Crippen LogP) is 1.25. The molecule has 1 aromatic heterocycles. The molecular formula is C12H18N2O2. The molecule has 0 aliphatic rings. The maximum Gasteiger partial charge on any atom is 0.306 e. The molecule has 0 fully saturated rings. The molecule has 1 aromatic rings. The van der Waals surface area contributed by atoms with Crippen LogP contribution in [0.25, 0.3) is 0 Å². The summed E-state index contributed by atoms with van der Waals surface area (Å²) in [5.41, 5.74) is 6.48. The molecule has 0 saturated heterocycles.